The molecule has 42 heavy (non-hydrogen) atoms. The van der Waals surface area contributed by atoms with Gasteiger partial charge in [-0.15, -0.1) is 0 Å². The molecule has 0 radical (unpaired) electrons. The van der Waals surface area contributed by atoms with Crippen LogP contribution in [0.4, 0.5) is 0 Å². The van der Waals surface area contributed by atoms with Crippen LogP contribution in [0, 0.1) is 0 Å². The van der Waals surface area contributed by atoms with Crippen LogP contribution in [-0.2, 0) is 6.61 Å². The second kappa shape index (κ2) is 10.9. The molecule has 6 nitrogen and oxygen atoms in total. The second-order valence-electron chi connectivity index (χ2n) is 9.70. The standard InChI is InChI=1S/C34H21BrClN3O3/c35-27-16-21(17-28(36)32(27)41-20-24-11-7-10-22-8-1-3-12-25(22)24)19-37-39-33(31-18-23-9-2-6-15-30(23)42-31)38-29-14-5-4-13-26(29)34(39)40/h1-19H,20H2. The van der Waals surface area contributed by atoms with Crippen LogP contribution in [0.15, 0.2) is 128 Å². The van der Waals surface area contributed by atoms with E-state index in [1.807, 2.05) is 66.7 Å². The molecule has 0 amide bonds. The largest absolute Gasteiger partial charge is 0.486 e. The molecular formula is C34H21BrClN3O3. The van der Waals surface area contributed by atoms with Crippen LogP contribution in [0.1, 0.15) is 11.1 Å². The molecule has 7 aromatic rings. The average molecular weight is 635 g/mol. The summed E-state index contributed by atoms with van der Waals surface area (Å²) < 4.78 is 14.1. The van der Waals surface area contributed by atoms with Crippen LogP contribution >= 0.6 is 27.5 Å². The number of rotatable bonds is 6. The predicted molar refractivity (Wildman–Crippen MR) is 172 cm³/mol. The zero-order chi connectivity index (χ0) is 28.6. The van der Waals surface area contributed by atoms with E-state index in [0.717, 1.165) is 21.7 Å². The lowest BCUT2D eigenvalue weighted by Crippen LogP contribution is -2.20. The lowest BCUT2D eigenvalue weighted by atomic mass is 10.1. The van der Waals surface area contributed by atoms with Crippen LogP contribution in [0.5, 0.6) is 5.75 Å². The van der Waals surface area contributed by atoms with Gasteiger partial charge in [0.25, 0.3) is 5.56 Å². The third-order valence-corrected chi connectivity index (χ3v) is 7.86. The highest BCUT2D eigenvalue weighted by atomic mass is 79.9. The Labute approximate surface area is 253 Å². The molecule has 0 aliphatic rings. The number of para-hydroxylation sites is 2. The Morgan fingerprint density at radius 2 is 1.62 bits per heavy atom. The molecule has 204 valence electrons. The van der Waals surface area contributed by atoms with Crippen molar-refractivity contribution in [1.82, 2.24) is 9.66 Å². The Balaban J connectivity index is 1.24. The SMILES string of the molecule is O=c1c2ccccc2nc(-c2cc3ccccc3o2)n1N=Cc1cc(Cl)c(OCc2cccc3ccccc23)c(Br)c1. The lowest BCUT2D eigenvalue weighted by Gasteiger charge is -2.13. The van der Waals surface area contributed by atoms with Gasteiger partial charge in [0.05, 0.1) is 26.6 Å². The van der Waals surface area contributed by atoms with Crippen molar-refractivity contribution in [3.8, 4) is 17.3 Å². The first-order chi connectivity index (χ1) is 20.5. The summed E-state index contributed by atoms with van der Waals surface area (Å²) in [4.78, 5) is 18.3. The van der Waals surface area contributed by atoms with Crippen LogP contribution in [0.3, 0.4) is 0 Å². The molecule has 2 heterocycles. The number of halogens is 2. The summed E-state index contributed by atoms with van der Waals surface area (Å²) in [6, 6.07) is 34.6. The predicted octanol–water partition coefficient (Wildman–Crippen LogP) is 8.84. The Morgan fingerprint density at radius 3 is 2.45 bits per heavy atom. The summed E-state index contributed by atoms with van der Waals surface area (Å²) in [6.45, 7) is 0.353. The third-order valence-electron chi connectivity index (χ3n) is 6.99. The minimum Gasteiger partial charge on any atom is -0.486 e. The van der Waals surface area contributed by atoms with Crippen LogP contribution < -0.4 is 10.3 Å². The minimum absolute atomic E-state index is 0.298. The van der Waals surface area contributed by atoms with Gasteiger partial charge in [0, 0.05) is 5.39 Å². The smallest absolute Gasteiger partial charge is 0.282 e. The van der Waals surface area contributed by atoms with E-state index in [4.69, 9.17) is 25.7 Å². The number of hydrogen-bond donors (Lipinski definition) is 0. The summed E-state index contributed by atoms with van der Waals surface area (Å²) in [5.41, 5.74) is 2.67. The van der Waals surface area contributed by atoms with Crippen molar-refractivity contribution in [2.24, 2.45) is 5.10 Å². The summed E-state index contributed by atoms with van der Waals surface area (Å²) in [6.07, 6.45) is 1.56. The van der Waals surface area contributed by atoms with E-state index >= 15 is 0 Å². The van der Waals surface area contributed by atoms with Gasteiger partial charge >= 0.3 is 0 Å². The van der Waals surface area contributed by atoms with Gasteiger partial charge in [-0.2, -0.15) is 9.78 Å². The molecule has 0 fully saturated rings. The third kappa shape index (κ3) is 4.87. The van der Waals surface area contributed by atoms with Crippen molar-refractivity contribution in [2.45, 2.75) is 6.61 Å². The highest BCUT2D eigenvalue weighted by Crippen LogP contribution is 2.35. The molecule has 0 bridgehead atoms. The van der Waals surface area contributed by atoms with Crippen molar-refractivity contribution in [3.63, 3.8) is 0 Å². The van der Waals surface area contributed by atoms with E-state index in [1.54, 1.807) is 30.5 Å². The first kappa shape index (κ1) is 26.2. The number of aromatic nitrogens is 2. The highest BCUT2D eigenvalue weighted by Gasteiger charge is 2.17. The number of benzene rings is 5. The van der Waals surface area contributed by atoms with Crippen molar-refractivity contribution in [3.05, 3.63) is 140 Å². The fourth-order valence-corrected chi connectivity index (χ4v) is 5.96. The lowest BCUT2D eigenvalue weighted by molar-refractivity contribution is 0.306. The molecule has 5 aromatic carbocycles. The molecule has 0 saturated carbocycles. The summed E-state index contributed by atoms with van der Waals surface area (Å²) in [5.74, 6) is 1.26. The van der Waals surface area contributed by atoms with Crippen LogP contribution in [0.25, 0.3) is 44.2 Å². The quantitative estimate of drug-likeness (QED) is 0.171. The van der Waals surface area contributed by atoms with Crippen molar-refractivity contribution in [1.29, 1.82) is 0 Å². The zero-order valence-corrected chi connectivity index (χ0v) is 24.3. The molecule has 0 spiro atoms. The van der Waals surface area contributed by atoms with Gasteiger partial charge < -0.3 is 9.15 Å². The van der Waals surface area contributed by atoms with Crippen molar-refractivity contribution >= 4 is 66.4 Å². The number of fused-ring (bicyclic) bond motifs is 3. The molecule has 0 atom stereocenters. The Hall–Kier alpha value is -4.72. The van der Waals surface area contributed by atoms with Crippen molar-refractivity contribution < 1.29 is 9.15 Å². The van der Waals surface area contributed by atoms with Gasteiger partial charge in [0.15, 0.2) is 11.5 Å². The topological polar surface area (TPSA) is 69.6 Å². The fraction of sp³-hybridized carbons (Fsp3) is 0.0294. The van der Waals surface area contributed by atoms with Gasteiger partial charge in [0.1, 0.15) is 12.2 Å². The first-order valence-electron chi connectivity index (χ1n) is 13.2. The van der Waals surface area contributed by atoms with Gasteiger partial charge in [-0.3, -0.25) is 4.79 Å². The second-order valence-corrected chi connectivity index (χ2v) is 11.0. The Morgan fingerprint density at radius 1 is 0.881 bits per heavy atom. The summed E-state index contributed by atoms with van der Waals surface area (Å²) >= 11 is 10.3. The molecule has 2 aromatic heterocycles. The van der Waals surface area contributed by atoms with E-state index in [2.05, 4.69) is 39.2 Å². The molecule has 0 aliphatic carbocycles. The monoisotopic (exact) mass is 633 g/mol. The number of hydrogen-bond acceptors (Lipinski definition) is 5. The Kier molecular flexibility index (Phi) is 6.82. The van der Waals surface area contributed by atoms with Crippen LogP contribution in [-0.4, -0.2) is 15.9 Å². The summed E-state index contributed by atoms with van der Waals surface area (Å²) in [7, 11) is 0. The molecule has 0 unspecified atom stereocenters. The maximum Gasteiger partial charge on any atom is 0.282 e. The maximum atomic E-state index is 13.6. The number of furan rings is 1. The molecule has 8 heteroatoms. The number of ether oxygens (including phenoxy) is 1. The van der Waals surface area contributed by atoms with E-state index in [9.17, 15) is 4.79 Å². The minimum atomic E-state index is -0.312. The normalized spacial score (nSPS) is 11.7. The molecular weight excluding hydrogens is 614 g/mol. The molecule has 0 N–H and O–H groups in total. The van der Waals surface area contributed by atoms with E-state index in [1.165, 1.54) is 4.68 Å². The Bertz CT molecular complexity index is 2160. The average Bonchev–Trinajstić information content (AvgIpc) is 3.44. The van der Waals surface area contributed by atoms with Gasteiger partial charge in [0.2, 0.25) is 5.82 Å². The summed E-state index contributed by atoms with van der Waals surface area (Å²) in [5, 5.41) is 8.59. The zero-order valence-electron chi connectivity index (χ0n) is 22.0. The molecule has 7 rings (SSSR count). The number of nitrogens with zero attached hydrogens (tertiary/aromatic N) is 3. The van der Waals surface area contributed by atoms with Gasteiger partial charge in [-0.25, -0.2) is 4.98 Å². The van der Waals surface area contributed by atoms with Gasteiger partial charge in [-0.1, -0.05) is 84.4 Å². The van der Waals surface area contributed by atoms with E-state index in [0.29, 0.717) is 55.5 Å². The van der Waals surface area contributed by atoms with Crippen molar-refractivity contribution in [2.75, 3.05) is 0 Å². The molecule has 0 aliphatic heterocycles. The van der Waals surface area contributed by atoms with Crippen LogP contribution in [0.2, 0.25) is 5.02 Å². The first-order valence-corrected chi connectivity index (χ1v) is 14.4. The van der Waals surface area contributed by atoms with Gasteiger partial charge in [-0.05, 0) is 74.2 Å². The fourth-order valence-electron chi connectivity index (χ4n) is 4.97. The molecule has 0 saturated heterocycles. The highest BCUT2D eigenvalue weighted by molar-refractivity contribution is 9.10. The maximum absolute atomic E-state index is 13.6. The van der Waals surface area contributed by atoms with E-state index < -0.39 is 0 Å². The van der Waals surface area contributed by atoms with E-state index in [-0.39, 0.29) is 5.56 Å².